The van der Waals surface area contributed by atoms with Crippen LogP contribution in [0.4, 0.5) is 0 Å². The Hall–Kier alpha value is -0.900. The van der Waals surface area contributed by atoms with Crippen LogP contribution in [0.1, 0.15) is 61.7 Å². The van der Waals surface area contributed by atoms with Crippen molar-refractivity contribution in [2.75, 3.05) is 32.8 Å². The van der Waals surface area contributed by atoms with Crippen LogP contribution >= 0.6 is 0 Å². The van der Waals surface area contributed by atoms with Gasteiger partial charge in [0.25, 0.3) is 0 Å². The van der Waals surface area contributed by atoms with Crippen LogP contribution in [0.3, 0.4) is 0 Å². The van der Waals surface area contributed by atoms with E-state index < -0.39 is 0 Å². The molecule has 2 bridgehead atoms. The lowest BCUT2D eigenvalue weighted by molar-refractivity contribution is -0.181. The molecule has 5 N–H and O–H groups in total. The predicted molar refractivity (Wildman–Crippen MR) is 115 cm³/mol. The molecule has 5 heterocycles. The SMILES string of the molecule is CC.CC.CCCCOC1NC=C2NN(CCCN3CC4CC(C3)O4)C2N1.O.[HH]. The summed E-state index contributed by atoms with van der Waals surface area (Å²) in [6, 6.07) is 0. The van der Waals surface area contributed by atoms with Crippen LogP contribution in [0, 0.1) is 0 Å². The molecule has 28 heavy (non-hydrogen) atoms. The van der Waals surface area contributed by atoms with Gasteiger partial charge in [-0.25, -0.2) is 5.01 Å². The standard InChI is InChI=1S/C16H29N5O2.2C2H6.H2O.H2/c1-2-3-7-22-16-17-9-14-15(18-16)21(19-14)6-4-5-20-10-12-8-13(11-20)23-12;2*1-2;;/h9,12-13,15-19H,2-8,10-11H2,1H3;2*1-2H3;1H2;1H. The first-order valence-electron chi connectivity index (χ1n) is 11.1. The molecule has 0 aromatic carbocycles. The van der Waals surface area contributed by atoms with Crippen LogP contribution in [0.15, 0.2) is 11.9 Å². The van der Waals surface area contributed by atoms with E-state index in [0.29, 0.717) is 12.2 Å². The quantitative estimate of drug-likeness (QED) is 0.530. The van der Waals surface area contributed by atoms with Gasteiger partial charge in [-0.2, -0.15) is 0 Å². The zero-order valence-electron chi connectivity index (χ0n) is 18.5. The largest absolute Gasteiger partial charge is 0.412 e. The fourth-order valence-corrected chi connectivity index (χ4v) is 3.76. The number of fused-ring (bicyclic) bond motifs is 3. The number of ether oxygens (including phenoxy) is 2. The van der Waals surface area contributed by atoms with Gasteiger partial charge < -0.3 is 25.7 Å². The molecule has 0 aromatic heterocycles. The monoisotopic (exact) mass is 403 g/mol. The third kappa shape index (κ3) is 6.57. The minimum absolute atomic E-state index is 0. The molecule has 5 rings (SSSR count). The molecular weight excluding hydrogens is 358 g/mol. The summed E-state index contributed by atoms with van der Waals surface area (Å²) in [7, 11) is 0. The van der Waals surface area contributed by atoms with E-state index >= 15 is 0 Å². The third-order valence-electron chi connectivity index (χ3n) is 5.07. The summed E-state index contributed by atoms with van der Waals surface area (Å²) in [6.07, 6.45) is 7.95. The number of nitrogens with zero attached hydrogens (tertiary/aromatic N) is 2. The number of rotatable bonds is 8. The number of unbranched alkanes of at least 4 members (excludes halogenated alkanes) is 1. The summed E-state index contributed by atoms with van der Waals surface area (Å²) in [5.41, 5.74) is 4.60. The minimum atomic E-state index is -0.0775. The predicted octanol–water partition coefficient (Wildman–Crippen LogP) is 1.60. The molecule has 168 valence electrons. The first-order valence-corrected chi connectivity index (χ1v) is 11.1. The van der Waals surface area contributed by atoms with E-state index in [1.807, 2.05) is 33.9 Å². The van der Waals surface area contributed by atoms with Gasteiger partial charge >= 0.3 is 0 Å². The van der Waals surface area contributed by atoms with Gasteiger partial charge in [-0.3, -0.25) is 10.2 Å². The van der Waals surface area contributed by atoms with Crippen LogP contribution in [0.2, 0.25) is 0 Å². The molecule has 0 aliphatic carbocycles. The molecule has 4 fully saturated rings. The Kier molecular flexibility index (Phi) is 12.0. The van der Waals surface area contributed by atoms with Crippen molar-refractivity contribution < 1.29 is 16.4 Å². The van der Waals surface area contributed by atoms with Gasteiger partial charge in [0.05, 0.1) is 24.5 Å². The van der Waals surface area contributed by atoms with Crippen LogP contribution in [0.25, 0.3) is 0 Å². The molecule has 0 saturated carbocycles. The summed E-state index contributed by atoms with van der Waals surface area (Å²) in [4.78, 5) is 2.55. The van der Waals surface area contributed by atoms with Crippen LogP contribution in [-0.2, 0) is 9.47 Å². The minimum Gasteiger partial charge on any atom is -0.412 e. The molecule has 5 aliphatic rings. The average molecular weight is 404 g/mol. The molecule has 4 unspecified atom stereocenters. The molecule has 8 nitrogen and oxygen atoms in total. The lowest BCUT2D eigenvalue weighted by Gasteiger charge is -2.49. The van der Waals surface area contributed by atoms with E-state index in [0.717, 1.165) is 45.6 Å². The van der Waals surface area contributed by atoms with E-state index in [-0.39, 0.29) is 19.4 Å². The Labute approximate surface area is 172 Å². The maximum absolute atomic E-state index is 5.80. The Balaban J connectivity index is 0.00000123. The zero-order chi connectivity index (χ0) is 19.6. The maximum atomic E-state index is 5.80. The van der Waals surface area contributed by atoms with Gasteiger partial charge in [0.15, 0.2) is 6.35 Å². The molecule has 0 amide bonds. The molecule has 0 radical (unpaired) electrons. The second-order valence-corrected chi connectivity index (χ2v) is 6.97. The number of morpholine rings is 1. The first kappa shape index (κ1) is 25.1. The van der Waals surface area contributed by atoms with Crippen molar-refractivity contribution in [2.45, 2.75) is 85.0 Å². The molecule has 4 saturated heterocycles. The van der Waals surface area contributed by atoms with E-state index in [4.69, 9.17) is 9.47 Å². The van der Waals surface area contributed by atoms with Crippen molar-refractivity contribution in [2.24, 2.45) is 0 Å². The summed E-state index contributed by atoms with van der Waals surface area (Å²) < 4.78 is 11.5. The molecule has 0 aromatic rings. The number of piperidine rings is 1. The Morgan fingerprint density at radius 2 is 1.82 bits per heavy atom. The van der Waals surface area contributed by atoms with Crippen molar-refractivity contribution in [1.82, 2.24) is 26.0 Å². The van der Waals surface area contributed by atoms with Crippen molar-refractivity contribution in [3.8, 4) is 0 Å². The highest BCUT2D eigenvalue weighted by Gasteiger charge is 2.39. The number of hydrogen-bond acceptors (Lipinski definition) is 7. The number of hydrogen-bond donors (Lipinski definition) is 3. The first-order chi connectivity index (χ1) is 13.3. The fourth-order valence-electron chi connectivity index (χ4n) is 3.76. The van der Waals surface area contributed by atoms with Crippen LogP contribution in [0.5, 0.6) is 0 Å². The van der Waals surface area contributed by atoms with Gasteiger partial charge in [0, 0.05) is 33.7 Å². The lowest BCUT2D eigenvalue weighted by Crippen LogP contribution is -2.71. The summed E-state index contributed by atoms with van der Waals surface area (Å²) in [5, 5.41) is 9.00. The van der Waals surface area contributed by atoms with Gasteiger partial charge in [0.1, 0.15) is 6.17 Å². The number of hydrazine groups is 1. The van der Waals surface area contributed by atoms with Crippen LogP contribution < -0.4 is 16.1 Å². The van der Waals surface area contributed by atoms with Gasteiger partial charge in [-0.15, -0.1) is 0 Å². The van der Waals surface area contributed by atoms with E-state index in [9.17, 15) is 0 Å². The van der Waals surface area contributed by atoms with Crippen LogP contribution in [-0.4, -0.2) is 72.9 Å². The second-order valence-electron chi connectivity index (χ2n) is 6.97. The Morgan fingerprint density at radius 1 is 1.14 bits per heavy atom. The average Bonchev–Trinajstić information content (AvgIpc) is 2.69. The van der Waals surface area contributed by atoms with Gasteiger partial charge in [-0.1, -0.05) is 41.0 Å². The molecular formula is C20H45N5O3. The highest BCUT2D eigenvalue weighted by molar-refractivity contribution is 5.17. The second kappa shape index (κ2) is 13.3. The molecule has 8 heteroatoms. The lowest BCUT2D eigenvalue weighted by atomic mass is 9.99. The molecule has 5 aliphatic heterocycles. The maximum Gasteiger partial charge on any atom is 0.185 e. The summed E-state index contributed by atoms with van der Waals surface area (Å²) in [6.45, 7) is 15.4. The van der Waals surface area contributed by atoms with Crippen molar-refractivity contribution in [3.05, 3.63) is 11.9 Å². The Morgan fingerprint density at radius 3 is 2.46 bits per heavy atom. The zero-order valence-corrected chi connectivity index (χ0v) is 18.5. The molecule has 4 atom stereocenters. The highest BCUT2D eigenvalue weighted by atomic mass is 16.5. The Bertz CT molecular complexity index is 442. The van der Waals surface area contributed by atoms with E-state index in [2.05, 4.69) is 32.9 Å². The smallest absolute Gasteiger partial charge is 0.185 e. The van der Waals surface area contributed by atoms with Gasteiger partial charge in [0.2, 0.25) is 0 Å². The topological polar surface area (TPSA) is 92.5 Å². The van der Waals surface area contributed by atoms with Crippen molar-refractivity contribution >= 4 is 0 Å². The highest BCUT2D eigenvalue weighted by Crippen LogP contribution is 2.28. The third-order valence-corrected chi connectivity index (χ3v) is 5.07. The summed E-state index contributed by atoms with van der Waals surface area (Å²) in [5.74, 6) is 0. The number of nitrogens with one attached hydrogen (secondary N) is 3. The van der Waals surface area contributed by atoms with Crippen molar-refractivity contribution in [1.29, 1.82) is 0 Å². The normalized spacial score (nSPS) is 30.1. The molecule has 0 spiro atoms. The van der Waals surface area contributed by atoms with E-state index in [1.54, 1.807) is 0 Å². The summed E-state index contributed by atoms with van der Waals surface area (Å²) >= 11 is 0. The van der Waals surface area contributed by atoms with Gasteiger partial charge in [-0.05, 0) is 19.4 Å². The fraction of sp³-hybridized carbons (Fsp3) is 0.900. The van der Waals surface area contributed by atoms with Crippen molar-refractivity contribution in [3.63, 3.8) is 0 Å². The van der Waals surface area contributed by atoms with E-state index in [1.165, 1.54) is 18.5 Å².